The molecule has 1 aliphatic heterocycles. The predicted molar refractivity (Wildman–Crippen MR) is 65.4 cm³/mol. The Morgan fingerprint density at radius 3 is 2.88 bits per heavy atom. The van der Waals surface area contributed by atoms with Crippen LogP contribution in [0.15, 0.2) is 0 Å². The molecule has 1 rings (SSSR count). The number of hydrogen-bond acceptors (Lipinski definition) is 4. The average Bonchev–Trinajstić information content (AvgIpc) is 2.35. The summed E-state index contributed by atoms with van der Waals surface area (Å²) in [6, 6.07) is 1.43. The van der Waals surface area contributed by atoms with Crippen LogP contribution in [0.25, 0.3) is 0 Å². The lowest BCUT2D eigenvalue weighted by Gasteiger charge is -2.33. The first kappa shape index (κ1) is 14.4. The Bertz CT molecular complexity index is 376. The lowest BCUT2D eigenvalue weighted by molar-refractivity contribution is 0.286. The van der Waals surface area contributed by atoms with Gasteiger partial charge in [-0.1, -0.05) is 13.3 Å². The summed E-state index contributed by atoms with van der Waals surface area (Å²) in [4.78, 5) is 0. The van der Waals surface area contributed by atoms with E-state index >= 15 is 0 Å². The van der Waals surface area contributed by atoms with Gasteiger partial charge in [0.05, 0.1) is 6.07 Å². The first-order chi connectivity index (χ1) is 8.04. The van der Waals surface area contributed by atoms with E-state index in [0.717, 1.165) is 12.8 Å². The third kappa shape index (κ3) is 3.39. The van der Waals surface area contributed by atoms with Gasteiger partial charge in [-0.25, -0.2) is 0 Å². The maximum atomic E-state index is 12.2. The summed E-state index contributed by atoms with van der Waals surface area (Å²) in [6.45, 7) is 3.87. The van der Waals surface area contributed by atoms with Crippen molar-refractivity contribution >= 4 is 10.2 Å². The van der Waals surface area contributed by atoms with Crippen molar-refractivity contribution in [1.82, 2.24) is 13.9 Å². The van der Waals surface area contributed by atoms with Crippen molar-refractivity contribution in [2.75, 3.05) is 33.2 Å². The second-order valence-corrected chi connectivity index (χ2v) is 6.13. The molecule has 1 heterocycles. The van der Waals surface area contributed by atoms with E-state index in [1.54, 1.807) is 7.05 Å². The monoisotopic (exact) mass is 260 g/mol. The average molecular weight is 260 g/mol. The molecule has 1 fully saturated rings. The highest BCUT2D eigenvalue weighted by atomic mass is 32.2. The molecular formula is C10H20N4O2S. The normalized spacial score (nSPS) is 22.6. The van der Waals surface area contributed by atoms with Crippen molar-refractivity contribution in [3.63, 3.8) is 0 Å². The van der Waals surface area contributed by atoms with Gasteiger partial charge in [-0.3, -0.25) is 0 Å². The maximum absolute atomic E-state index is 12.2. The van der Waals surface area contributed by atoms with Crippen molar-refractivity contribution in [1.29, 1.82) is 5.26 Å². The number of unbranched alkanes of at least 4 members (excludes halogenated alkanes) is 1. The molecule has 1 N–H and O–H groups in total. The number of nitrogens with one attached hydrogen (secondary N) is 1. The smallest absolute Gasteiger partial charge is 0.283 e. The van der Waals surface area contributed by atoms with Gasteiger partial charge in [-0.15, -0.1) is 0 Å². The van der Waals surface area contributed by atoms with E-state index in [-0.39, 0.29) is 0 Å². The van der Waals surface area contributed by atoms with Crippen LogP contribution in [-0.2, 0) is 10.2 Å². The Balaban J connectivity index is 2.77. The molecule has 6 nitrogen and oxygen atoms in total. The minimum Gasteiger partial charge on any atom is -0.313 e. The molecule has 1 saturated heterocycles. The van der Waals surface area contributed by atoms with Crippen LogP contribution in [-0.4, -0.2) is 56.3 Å². The summed E-state index contributed by atoms with van der Waals surface area (Å²) in [5.41, 5.74) is 0. The van der Waals surface area contributed by atoms with Gasteiger partial charge in [0.15, 0.2) is 0 Å². The van der Waals surface area contributed by atoms with Crippen LogP contribution in [0.1, 0.15) is 19.8 Å². The van der Waals surface area contributed by atoms with E-state index in [2.05, 4.69) is 5.32 Å². The molecule has 1 unspecified atom stereocenters. The zero-order chi connectivity index (χ0) is 12.9. The molecule has 0 spiro atoms. The molecule has 0 radical (unpaired) electrons. The molecule has 17 heavy (non-hydrogen) atoms. The summed E-state index contributed by atoms with van der Waals surface area (Å²) in [5.74, 6) is 0. The number of rotatable bonds is 5. The van der Waals surface area contributed by atoms with Gasteiger partial charge in [0.25, 0.3) is 10.2 Å². The van der Waals surface area contributed by atoms with Crippen LogP contribution in [0.2, 0.25) is 0 Å². The lowest BCUT2D eigenvalue weighted by Crippen LogP contribution is -2.56. The molecule has 1 atom stereocenters. The van der Waals surface area contributed by atoms with Crippen LogP contribution >= 0.6 is 0 Å². The van der Waals surface area contributed by atoms with Crippen molar-refractivity contribution in [3.8, 4) is 6.07 Å². The van der Waals surface area contributed by atoms with Crippen LogP contribution in [0, 0.1) is 11.3 Å². The Kier molecular flexibility index (Phi) is 5.33. The number of piperazine rings is 1. The number of nitrogens with zero attached hydrogens (tertiary/aromatic N) is 3. The number of nitriles is 1. The largest absolute Gasteiger partial charge is 0.313 e. The summed E-state index contributed by atoms with van der Waals surface area (Å²) in [5, 5.41) is 12.0. The molecule has 0 aromatic heterocycles. The standard InChI is InChI=1S/C10H20N4O2S/c1-3-4-6-13(2)17(15,16)14-7-5-12-9-10(14)8-11/h10,12H,3-7,9H2,1-2H3. The number of hydrogen-bond donors (Lipinski definition) is 1. The van der Waals surface area contributed by atoms with Crippen LogP contribution in [0.3, 0.4) is 0 Å². The Hall–Kier alpha value is -0.680. The third-order valence-electron chi connectivity index (χ3n) is 2.86. The van der Waals surface area contributed by atoms with E-state index in [9.17, 15) is 8.42 Å². The zero-order valence-corrected chi connectivity index (χ0v) is 11.2. The maximum Gasteiger partial charge on any atom is 0.283 e. The second kappa shape index (κ2) is 6.31. The van der Waals surface area contributed by atoms with Crippen molar-refractivity contribution < 1.29 is 8.42 Å². The van der Waals surface area contributed by atoms with Crippen molar-refractivity contribution in [2.24, 2.45) is 0 Å². The Morgan fingerprint density at radius 1 is 1.59 bits per heavy atom. The van der Waals surface area contributed by atoms with Crippen LogP contribution in [0.5, 0.6) is 0 Å². The zero-order valence-electron chi connectivity index (χ0n) is 10.4. The molecule has 1 aliphatic rings. The van der Waals surface area contributed by atoms with Gasteiger partial charge >= 0.3 is 0 Å². The van der Waals surface area contributed by atoms with E-state index in [1.807, 2.05) is 13.0 Å². The van der Waals surface area contributed by atoms with E-state index in [4.69, 9.17) is 5.26 Å². The summed E-state index contributed by atoms with van der Waals surface area (Å²) in [6.07, 6.45) is 1.78. The van der Waals surface area contributed by atoms with Gasteiger partial charge in [0.1, 0.15) is 6.04 Å². The Morgan fingerprint density at radius 2 is 2.29 bits per heavy atom. The molecule has 7 heteroatoms. The van der Waals surface area contributed by atoms with Gasteiger partial charge in [-0.2, -0.15) is 22.3 Å². The summed E-state index contributed by atoms with van der Waals surface area (Å²) in [7, 11) is -1.92. The van der Waals surface area contributed by atoms with E-state index in [0.29, 0.717) is 26.2 Å². The molecular weight excluding hydrogens is 240 g/mol. The first-order valence-electron chi connectivity index (χ1n) is 5.87. The van der Waals surface area contributed by atoms with Crippen LogP contribution < -0.4 is 5.32 Å². The molecule has 0 aromatic carbocycles. The highest BCUT2D eigenvalue weighted by Crippen LogP contribution is 2.13. The summed E-state index contributed by atoms with van der Waals surface area (Å²) >= 11 is 0. The van der Waals surface area contributed by atoms with Gasteiger partial charge in [-0.05, 0) is 6.42 Å². The minimum absolute atomic E-state index is 0.358. The molecule has 0 aromatic rings. The van der Waals surface area contributed by atoms with Crippen LogP contribution in [0.4, 0.5) is 0 Å². The predicted octanol–water partition coefficient (Wildman–Crippen LogP) is -0.240. The fourth-order valence-electron chi connectivity index (χ4n) is 1.75. The first-order valence-corrected chi connectivity index (χ1v) is 7.27. The van der Waals surface area contributed by atoms with Crippen molar-refractivity contribution in [3.05, 3.63) is 0 Å². The highest BCUT2D eigenvalue weighted by Gasteiger charge is 2.34. The minimum atomic E-state index is -3.49. The highest BCUT2D eigenvalue weighted by molar-refractivity contribution is 7.86. The van der Waals surface area contributed by atoms with E-state index in [1.165, 1.54) is 8.61 Å². The third-order valence-corrected chi connectivity index (χ3v) is 4.86. The van der Waals surface area contributed by atoms with Gasteiger partial charge in [0, 0.05) is 33.2 Å². The Labute approximate surface area is 103 Å². The summed E-state index contributed by atoms with van der Waals surface area (Å²) < 4.78 is 27.1. The van der Waals surface area contributed by atoms with E-state index < -0.39 is 16.3 Å². The molecule has 0 bridgehead atoms. The molecule has 0 saturated carbocycles. The molecule has 0 aliphatic carbocycles. The molecule has 0 amide bonds. The molecule has 98 valence electrons. The van der Waals surface area contributed by atoms with Crippen molar-refractivity contribution in [2.45, 2.75) is 25.8 Å². The fraction of sp³-hybridized carbons (Fsp3) is 0.900. The quantitative estimate of drug-likeness (QED) is 0.740. The lowest BCUT2D eigenvalue weighted by atomic mass is 10.3. The SMILES string of the molecule is CCCCN(C)S(=O)(=O)N1CCNCC1C#N. The second-order valence-electron chi connectivity index (χ2n) is 4.14. The fourth-order valence-corrected chi connectivity index (χ4v) is 3.23. The topological polar surface area (TPSA) is 76.4 Å². The van der Waals surface area contributed by atoms with Gasteiger partial charge < -0.3 is 5.32 Å². The van der Waals surface area contributed by atoms with Gasteiger partial charge in [0.2, 0.25) is 0 Å².